The first-order chi connectivity index (χ1) is 13.7. The molecule has 0 aromatic heterocycles. The van der Waals surface area contributed by atoms with E-state index in [0.717, 1.165) is 19.3 Å². The second kappa shape index (κ2) is 11.2. The molecule has 3 fully saturated rings. The van der Waals surface area contributed by atoms with Crippen molar-refractivity contribution in [3.63, 3.8) is 0 Å². The maximum Gasteiger partial charge on any atom is 2.00 e. The van der Waals surface area contributed by atoms with E-state index in [9.17, 15) is 0 Å². The molecular formula is C21H36CoN7O2-. The maximum atomic E-state index is 5.30. The van der Waals surface area contributed by atoms with Crippen LogP contribution in [0, 0.1) is 11.8 Å². The van der Waals surface area contributed by atoms with Gasteiger partial charge in [-0.25, -0.2) is 0 Å². The van der Waals surface area contributed by atoms with Crippen molar-refractivity contribution in [3.05, 3.63) is 28.1 Å². The Morgan fingerprint density at radius 1 is 0.742 bits per heavy atom. The molecular weight excluding hydrogens is 441 g/mol. The summed E-state index contributed by atoms with van der Waals surface area (Å²) in [4.78, 5) is 0. The van der Waals surface area contributed by atoms with E-state index >= 15 is 0 Å². The van der Waals surface area contributed by atoms with E-state index in [1.165, 1.54) is 25.7 Å². The van der Waals surface area contributed by atoms with Crippen molar-refractivity contribution >= 4 is 12.4 Å². The van der Waals surface area contributed by atoms with Gasteiger partial charge in [-0.15, -0.1) is 18.2 Å². The zero-order valence-electron chi connectivity index (χ0n) is 18.3. The third-order valence-electron chi connectivity index (χ3n) is 7.26. The third kappa shape index (κ3) is 5.49. The molecule has 8 atom stereocenters. The van der Waals surface area contributed by atoms with Gasteiger partial charge in [0.05, 0.1) is 0 Å². The Bertz CT molecular complexity index is 664. The summed E-state index contributed by atoms with van der Waals surface area (Å²) < 4.78 is 0. The van der Waals surface area contributed by atoms with E-state index in [-0.39, 0.29) is 52.1 Å². The van der Waals surface area contributed by atoms with Crippen molar-refractivity contribution in [3.8, 4) is 0 Å². The minimum absolute atomic E-state index is 0. The first-order valence-corrected chi connectivity index (χ1v) is 11.0. The van der Waals surface area contributed by atoms with Crippen LogP contribution in [0.4, 0.5) is 0 Å². The molecule has 6 bridgehead atoms. The van der Waals surface area contributed by atoms with E-state index in [0.29, 0.717) is 23.9 Å². The Hall–Kier alpha value is -1.01. The van der Waals surface area contributed by atoms with Crippen molar-refractivity contribution in [2.75, 3.05) is 14.1 Å². The Labute approximate surface area is 196 Å². The van der Waals surface area contributed by atoms with Crippen molar-refractivity contribution < 1.29 is 27.7 Å². The van der Waals surface area contributed by atoms with Crippen molar-refractivity contribution in [2.45, 2.75) is 81.4 Å². The number of nitrogens with zero attached hydrogens (tertiary/aromatic N) is 7. The monoisotopic (exact) mass is 477 g/mol. The topological polar surface area (TPSA) is 136 Å². The average molecular weight is 477 g/mol. The summed E-state index contributed by atoms with van der Waals surface area (Å²) in [5.74, 6) is 1.39. The zero-order chi connectivity index (χ0) is 19.1. The van der Waals surface area contributed by atoms with Crippen LogP contribution in [-0.4, -0.2) is 84.0 Å². The van der Waals surface area contributed by atoms with Gasteiger partial charge in [-0.05, 0) is 18.8 Å². The van der Waals surface area contributed by atoms with Gasteiger partial charge in [0, 0.05) is 26.5 Å². The summed E-state index contributed by atoms with van der Waals surface area (Å²) >= 11 is 0. The summed E-state index contributed by atoms with van der Waals surface area (Å²) in [6.45, 7) is 0. The standard InChI is InChI=1S/C21H32N7.Co.2H2O/c1-27-18-10-8-14-6-7-15-9-11-19(26-21(15)20(14)25-18)28(2)23-13-17-5-3-4-16(24-17)12-22-27;;;/h3-4,12-21H,5-11H2,1-2H3;;2*1H2/q-3;+2;;. The number of rotatable bonds is 0. The van der Waals surface area contributed by atoms with Gasteiger partial charge < -0.3 is 36.9 Å². The van der Waals surface area contributed by atoms with E-state index in [1.54, 1.807) is 0 Å². The molecule has 4 heterocycles. The fourth-order valence-corrected chi connectivity index (χ4v) is 5.60. The van der Waals surface area contributed by atoms with Gasteiger partial charge in [0.1, 0.15) is 0 Å². The molecule has 10 heteroatoms. The van der Waals surface area contributed by atoms with Crippen molar-refractivity contribution in [2.24, 2.45) is 22.0 Å². The molecule has 8 unspecified atom stereocenters. The SMILES string of the molecule is CN1N=CC2C=CCC(C=NN(C)C3CCC4CCC5CCC1[N-]C5C4[N-]3)[N-]2.O.O.[Co+2]. The third-order valence-corrected chi connectivity index (χ3v) is 7.26. The number of hydrogen-bond acceptors (Lipinski definition) is 4. The molecule has 1 radical (unpaired) electrons. The molecule has 5 rings (SSSR count). The van der Waals surface area contributed by atoms with Crippen LogP contribution in [-0.2, 0) is 16.8 Å². The second-order valence-corrected chi connectivity index (χ2v) is 9.04. The van der Waals surface area contributed by atoms with Crippen LogP contribution in [0.1, 0.15) is 44.9 Å². The molecule has 5 aliphatic rings. The summed E-state index contributed by atoms with van der Waals surface area (Å²) in [6, 6.07) is 0.830. The Morgan fingerprint density at radius 2 is 1.26 bits per heavy atom. The molecule has 0 amide bonds. The van der Waals surface area contributed by atoms with Gasteiger partial charge in [-0.1, -0.05) is 68.5 Å². The van der Waals surface area contributed by atoms with Crippen LogP contribution in [0.2, 0.25) is 0 Å². The van der Waals surface area contributed by atoms with Crippen LogP contribution in [0.25, 0.3) is 16.0 Å². The summed E-state index contributed by atoms with van der Waals surface area (Å²) in [6.07, 6.45) is 16.8. The van der Waals surface area contributed by atoms with Crippen LogP contribution in [0.3, 0.4) is 0 Å². The molecule has 1 aliphatic carbocycles. The van der Waals surface area contributed by atoms with E-state index < -0.39 is 0 Å². The van der Waals surface area contributed by atoms with E-state index in [2.05, 4.69) is 31.3 Å². The molecule has 4 N–H and O–H groups in total. The normalized spacial score (nSPS) is 41.2. The molecule has 0 aromatic rings. The molecule has 0 spiro atoms. The smallest absolute Gasteiger partial charge is 0.644 e. The number of hydrazone groups is 2. The number of fused-ring (bicyclic) bond motifs is 4. The summed E-state index contributed by atoms with van der Waals surface area (Å²) in [5.41, 5.74) is 0. The Morgan fingerprint density at radius 3 is 1.84 bits per heavy atom. The minimum atomic E-state index is 0. The zero-order valence-corrected chi connectivity index (χ0v) is 19.4. The molecule has 177 valence electrons. The fourth-order valence-electron chi connectivity index (χ4n) is 5.60. The first kappa shape index (κ1) is 26.2. The van der Waals surface area contributed by atoms with Gasteiger partial charge in [0.2, 0.25) is 0 Å². The summed E-state index contributed by atoms with van der Waals surface area (Å²) in [5, 5.41) is 29.0. The Balaban J connectivity index is 0.00000114. The molecule has 9 nitrogen and oxygen atoms in total. The molecule has 1 saturated carbocycles. The van der Waals surface area contributed by atoms with Gasteiger partial charge >= 0.3 is 16.8 Å². The van der Waals surface area contributed by atoms with Crippen LogP contribution < -0.4 is 0 Å². The number of piperidine rings is 2. The number of hydrogen-bond donors (Lipinski definition) is 0. The Kier molecular flexibility index (Phi) is 9.50. The largest absolute Gasteiger partial charge is 2.00 e. The molecule has 2 saturated heterocycles. The van der Waals surface area contributed by atoms with Gasteiger partial charge in [0.15, 0.2) is 0 Å². The van der Waals surface area contributed by atoms with Crippen LogP contribution in [0.15, 0.2) is 22.4 Å². The van der Waals surface area contributed by atoms with Gasteiger partial charge in [-0.2, -0.15) is 10.2 Å². The van der Waals surface area contributed by atoms with E-state index in [4.69, 9.17) is 26.2 Å². The van der Waals surface area contributed by atoms with Gasteiger partial charge in [-0.3, -0.25) is 0 Å². The molecule has 0 aromatic carbocycles. The van der Waals surface area contributed by atoms with Crippen LogP contribution in [0.5, 0.6) is 0 Å². The average Bonchev–Trinajstić information content (AvgIpc) is 2.74. The first-order valence-electron chi connectivity index (χ1n) is 11.0. The van der Waals surface area contributed by atoms with Gasteiger partial charge in [0.25, 0.3) is 0 Å². The minimum Gasteiger partial charge on any atom is -0.644 e. The quantitative estimate of drug-likeness (QED) is 0.493. The maximum absolute atomic E-state index is 5.30. The predicted molar refractivity (Wildman–Crippen MR) is 121 cm³/mol. The van der Waals surface area contributed by atoms with Crippen LogP contribution >= 0.6 is 0 Å². The predicted octanol–water partition coefficient (Wildman–Crippen LogP) is 2.00. The van der Waals surface area contributed by atoms with Crippen molar-refractivity contribution in [1.82, 2.24) is 10.0 Å². The molecule has 4 aliphatic heterocycles. The molecule has 31 heavy (non-hydrogen) atoms. The fraction of sp³-hybridized carbons (Fsp3) is 0.810. The van der Waals surface area contributed by atoms with Crippen molar-refractivity contribution in [1.29, 1.82) is 0 Å². The summed E-state index contributed by atoms with van der Waals surface area (Å²) in [7, 11) is 4.12. The van der Waals surface area contributed by atoms with E-state index in [1.807, 2.05) is 17.4 Å². The second-order valence-electron chi connectivity index (χ2n) is 9.04.